The molecule has 5 rings (SSSR count). The number of aromatic nitrogens is 2. The Morgan fingerprint density at radius 1 is 1.00 bits per heavy atom. The van der Waals surface area contributed by atoms with Gasteiger partial charge in [-0.1, -0.05) is 43.3 Å². The summed E-state index contributed by atoms with van der Waals surface area (Å²) in [6, 6.07) is 25.3. The number of aryl methyl sites for hydroxylation is 1. The minimum Gasteiger partial charge on any atom is -0.439 e. The van der Waals surface area contributed by atoms with Crippen molar-refractivity contribution in [2.75, 3.05) is 0 Å². The molecule has 0 atom stereocenters. The van der Waals surface area contributed by atoms with Crippen molar-refractivity contribution in [3.63, 3.8) is 0 Å². The molecule has 5 nitrogen and oxygen atoms in total. The molecule has 1 aliphatic rings. The standard InChI is InChI=1S/C28H26FN3O2/c1-2-26-25(19-31(22-15-16-22)27(33)20-9-5-3-6-10-20)28(34-24-17-13-21(29)14-18-24)32(30-26)23-11-7-4-8-12-23/h3-14,17-18,22H,2,15-16,19H2,1H3. The summed E-state index contributed by atoms with van der Waals surface area (Å²) in [7, 11) is 0. The van der Waals surface area contributed by atoms with Crippen molar-refractivity contribution in [2.45, 2.75) is 38.8 Å². The van der Waals surface area contributed by atoms with Gasteiger partial charge in [-0.3, -0.25) is 4.79 Å². The monoisotopic (exact) mass is 455 g/mol. The summed E-state index contributed by atoms with van der Waals surface area (Å²) >= 11 is 0. The molecule has 172 valence electrons. The molecule has 4 aromatic rings. The number of benzene rings is 3. The van der Waals surface area contributed by atoms with E-state index in [1.807, 2.05) is 72.5 Å². The second-order valence-electron chi connectivity index (χ2n) is 8.42. The minimum absolute atomic E-state index is 0.00495. The molecular formula is C28H26FN3O2. The van der Waals surface area contributed by atoms with Gasteiger partial charge in [-0.05, 0) is 67.8 Å². The molecule has 1 saturated carbocycles. The fourth-order valence-electron chi connectivity index (χ4n) is 4.05. The first kappa shape index (κ1) is 21.9. The zero-order valence-electron chi connectivity index (χ0n) is 19.0. The maximum atomic E-state index is 13.5. The maximum Gasteiger partial charge on any atom is 0.254 e. The summed E-state index contributed by atoms with van der Waals surface area (Å²) < 4.78 is 21.6. The third kappa shape index (κ3) is 4.57. The van der Waals surface area contributed by atoms with Crippen molar-refractivity contribution >= 4 is 5.91 Å². The highest BCUT2D eigenvalue weighted by Crippen LogP contribution is 2.36. The highest BCUT2D eigenvalue weighted by molar-refractivity contribution is 5.94. The van der Waals surface area contributed by atoms with Crippen LogP contribution in [0.4, 0.5) is 4.39 Å². The van der Waals surface area contributed by atoms with Gasteiger partial charge < -0.3 is 9.64 Å². The zero-order valence-corrected chi connectivity index (χ0v) is 19.0. The number of para-hydroxylation sites is 1. The lowest BCUT2D eigenvalue weighted by atomic mass is 10.1. The van der Waals surface area contributed by atoms with E-state index in [1.54, 1.807) is 16.8 Å². The summed E-state index contributed by atoms with van der Waals surface area (Å²) in [5, 5.41) is 4.86. The van der Waals surface area contributed by atoms with Crippen LogP contribution in [0, 0.1) is 5.82 Å². The number of halogens is 1. The first-order chi connectivity index (χ1) is 16.6. The first-order valence-corrected chi connectivity index (χ1v) is 11.6. The average molecular weight is 456 g/mol. The number of carbonyl (C=O) groups is 1. The third-order valence-electron chi connectivity index (χ3n) is 5.98. The Bertz CT molecular complexity index is 1270. The normalized spacial score (nSPS) is 13.0. The molecule has 0 spiro atoms. The van der Waals surface area contributed by atoms with E-state index in [4.69, 9.17) is 9.84 Å². The van der Waals surface area contributed by atoms with Crippen molar-refractivity contribution in [3.8, 4) is 17.3 Å². The van der Waals surface area contributed by atoms with Gasteiger partial charge in [0, 0.05) is 11.6 Å². The van der Waals surface area contributed by atoms with Crippen LogP contribution in [0.1, 0.15) is 41.4 Å². The second-order valence-corrected chi connectivity index (χ2v) is 8.42. The lowest BCUT2D eigenvalue weighted by Crippen LogP contribution is -2.33. The number of nitrogens with zero attached hydrogens (tertiary/aromatic N) is 3. The van der Waals surface area contributed by atoms with Crippen molar-refractivity contribution in [1.82, 2.24) is 14.7 Å². The maximum absolute atomic E-state index is 13.5. The molecule has 34 heavy (non-hydrogen) atoms. The molecule has 1 amide bonds. The van der Waals surface area contributed by atoms with Crippen LogP contribution in [0.5, 0.6) is 11.6 Å². The van der Waals surface area contributed by atoms with Crippen molar-refractivity contribution in [1.29, 1.82) is 0 Å². The highest BCUT2D eigenvalue weighted by atomic mass is 19.1. The van der Waals surface area contributed by atoms with E-state index in [0.717, 1.165) is 29.8 Å². The first-order valence-electron chi connectivity index (χ1n) is 11.6. The lowest BCUT2D eigenvalue weighted by Gasteiger charge is -2.23. The van der Waals surface area contributed by atoms with Crippen molar-refractivity contribution < 1.29 is 13.9 Å². The Hall–Kier alpha value is -3.93. The molecule has 0 aliphatic heterocycles. The van der Waals surface area contributed by atoms with Gasteiger partial charge in [0.25, 0.3) is 5.91 Å². The number of hydrogen-bond acceptors (Lipinski definition) is 3. The summed E-state index contributed by atoms with van der Waals surface area (Å²) in [5.41, 5.74) is 3.26. The van der Waals surface area contributed by atoms with E-state index < -0.39 is 0 Å². The number of amides is 1. The van der Waals surface area contributed by atoms with Gasteiger partial charge in [0.1, 0.15) is 11.6 Å². The SMILES string of the molecule is CCc1nn(-c2ccccc2)c(Oc2ccc(F)cc2)c1CN(C(=O)c1ccccc1)C1CC1. The van der Waals surface area contributed by atoms with Crippen LogP contribution in [-0.2, 0) is 13.0 Å². The van der Waals surface area contributed by atoms with Crippen molar-refractivity contribution in [2.24, 2.45) is 0 Å². The molecule has 1 heterocycles. The van der Waals surface area contributed by atoms with Crippen LogP contribution in [0.25, 0.3) is 5.69 Å². The van der Waals surface area contributed by atoms with Gasteiger partial charge in [0.2, 0.25) is 5.88 Å². The van der Waals surface area contributed by atoms with Crippen LogP contribution >= 0.6 is 0 Å². The Morgan fingerprint density at radius 3 is 2.26 bits per heavy atom. The molecule has 0 unspecified atom stereocenters. The molecule has 0 radical (unpaired) electrons. The second kappa shape index (κ2) is 9.51. The number of ether oxygens (including phenoxy) is 1. The number of hydrogen-bond donors (Lipinski definition) is 0. The molecule has 0 N–H and O–H groups in total. The molecule has 0 saturated heterocycles. The van der Waals surface area contributed by atoms with Crippen molar-refractivity contribution in [3.05, 3.63) is 108 Å². The van der Waals surface area contributed by atoms with Gasteiger partial charge in [0.15, 0.2) is 0 Å². The van der Waals surface area contributed by atoms with Gasteiger partial charge in [-0.15, -0.1) is 0 Å². The summed E-state index contributed by atoms with van der Waals surface area (Å²) in [6.07, 6.45) is 2.66. The predicted octanol–water partition coefficient (Wildman–Crippen LogP) is 6.17. The number of rotatable bonds is 8. The van der Waals surface area contributed by atoms with E-state index >= 15 is 0 Å². The van der Waals surface area contributed by atoms with Gasteiger partial charge in [-0.25, -0.2) is 9.07 Å². The molecule has 6 heteroatoms. The van der Waals surface area contributed by atoms with Crippen LogP contribution < -0.4 is 4.74 Å². The average Bonchev–Trinajstić information content (AvgIpc) is 3.67. The van der Waals surface area contributed by atoms with E-state index in [2.05, 4.69) is 0 Å². The smallest absolute Gasteiger partial charge is 0.254 e. The molecular weight excluding hydrogens is 429 g/mol. The van der Waals surface area contributed by atoms with Crippen LogP contribution in [0.3, 0.4) is 0 Å². The Morgan fingerprint density at radius 2 is 1.65 bits per heavy atom. The quantitative estimate of drug-likeness (QED) is 0.319. The Kier molecular flexibility index (Phi) is 6.12. The topological polar surface area (TPSA) is 47.4 Å². The lowest BCUT2D eigenvalue weighted by molar-refractivity contribution is 0.0728. The van der Waals surface area contributed by atoms with Crippen LogP contribution in [-0.4, -0.2) is 26.6 Å². The Balaban J connectivity index is 1.58. The fraction of sp³-hybridized carbons (Fsp3) is 0.214. The molecule has 0 bridgehead atoms. The van der Waals surface area contributed by atoms with Gasteiger partial charge in [0.05, 0.1) is 23.5 Å². The largest absolute Gasteiger partial charge is 0.439 e. The molecule has 3 aromatic carbocycles. The van der Waals surface area contributed by atoms with E-state index in [9.17, 15) is 9.18 Å². The van der Waals surface area contributed by atoms with Crippen LogP contribution in [0.2, 0.25) is 0 Å². The molecule has 1 fully saturated rings. The predicted molar refractivity (Wildman–Crippen MR) is 129 cm³/mol. The number of carbonyl (C=O) groups excluding carboxylic acids is 1. The molecule has 1 aromatic heterocycles. The van der Waals surface area contributed by atoms with Gasteiger partial charge in [-0.2, -0.15) is 5.10 Å². The molecule has 1 aliphatic carbocycles. The van der Waals surface area contributed by atoms with E-state index in [1.165, 1.54) is 12.1 Å². The minimum atomic E-state index is -0.327. The zero-order chi connectivity index (χ0) is 23.5. The van der Waals surface area contributed by atoms with E-state index in [0.29, 0.717) is 30.2 Å². The summed E-state index contributed by atoms with van der Waals surface area (Å²) in [4.78, 5) is 15.4. The van der Waals surface area contributed by atoms with E-state index in [-0.39, 0.29) is 17.8 Å². The highest BCUT2D eigenvalue weighted by Gasteiger charge is 2.35. The fourth-order valence-corrected chi connectivity index (χ4v) is 4.05. The van der Waals surface area contributed by atoms with Gasteiger partial charge >= 0.3 is 0 Å². The third-order valence-corrected chi connectivity index (χ3v) is 5.98. The Labute approximate surface area is 198 Å². The summed E-state index contributed by atoms with van der Waals surface area (Å²) in [6.45, 7) is 2.44. The van der Waals surface area contributed by atoms with Crippen LogP contribution in [0.15, 0.2) is 84.9 Å². The summed E-state index contributed by atoms with van der Waals surface area (Å²) in [5.74, 6) is 0.730.